The minimum absolute atomic E-state index is 0.0356. The van der Waals surface area contributed by atoms with E-state index in [2.05, 4.69) is 29.2 Å². The highest BCUT2D eigenvalue weighted by atomic mass is 16.5. The van der Waals surface area contributed by atoms with Crippen molar-refractivity contribution in [2.45, 2.75) is 18.4 Å². The Morgan fingerprint density at radius 1 is 0.829 bits per heavy atom. The minimum Gasteiger partial charge on any atom is -0.497 e. The van der Waals surface area contributed by atoms with Crippen LogP contribution in [0.5, 0.6) is 5.75 Å². The molecule has 35 heavy (non-hydrogen) atoms. The molecule has 2 atom stereocenters. The molecule has 1 saturated heterocycles. The molecule has 3 aromatic rings. The Bertz CT molecular complexity index is 1260. The molecule has 3 heterocycles. The van der Waals surface area contributed by atoms with Gasteiger partial charge in [0.05, 0.1) is 19.1 Å². The number of hydrogen-bond acceptors (Lipinski definition) is 4. The molecule has 0 aliphatic carbocycles. The van der Waals surface area contributed by atoms with E-state index in [1.165, 1.54) is 5.56 Å². The first-order valence-corrected chi connectivity index (χ1v) is 12.3. The lowest BCUT2D eigenvalue weighted by molar-refractivity contribution is -0.135. The van der Waals surface area contributed by atoms with Gasteiger partial charge in [0.25, 0.3) is 5.91 Å². The summed E-state index contributed by atoms with van der Waals surface area (Å²) in [4.78, 5) is 33.8. The normalized spacial score (nSPS) is 21.2. The number of carbonyl (C=O) groups excluding carboxylic acids is 2. The van der Waals surface area contributed by atoms with E-state index < -0.39 is 5.92 Å². The van der Waals surface area contributed by atoms with Crippen molar-refractivity contribution in [3.8, 4) is 5.75 Å². The molecule has 6 nitrogen and oxygen atoms in total. The van der Waals surface area contributed by atoms with Crippen molar-refractivity contribution in [3.05, 3.63) is 95.1 Å². The zero-order chi connectivity index (χ0) is 23.9. The number of benzene rings is 3. The first-order valence-electron chi connectivity index (χ1n) is 12.3. The van der Waals surface area contributed by atoms with E-state index >= 15 is 0 Å². The average molecular weight is 468 g/mol. The number of piperazine rings is 1. The Morgan fingerprint density at radius 3 is 2.26 bits per heavy atom. The third kappa shape index (κ3) is 3.64. The van der Waals surface area contributed by atoms with Crippen LogP contribution in [0.1, 0.15) is 39.0 Å². The summed E-state index contributed by atoms with van der Waals surface area (Å²) in [5, 5.41) is 0. The monoisotopic (exact) mass is 467 g/mol. The smallest absolute Gasteiger partial charge is 0.254 e. The zero-order valence-corrected chi connectivity index (χ0v) is 19.9. The topological polar surface area (TPSA) is 53.1 Å². The number of rotatable bonds is 3. The van der Waals surface area contributed by atoms with Crippen LogP contribution in [0.2, 0.25) is 0 Å². The maximum absolute atomic E-state index is 14.2. The van der Waals surface area contributed by atoms with Crippen LogP contribution in [0.25, 0.3) is 0 Å². The molecule has 0 radical (unpaired) electrons. The predicted molar refractivity (Wildman–Crippen MR) is 135 cm³/mol. The van der Waals surface area contributed by atoms with Crippen molar-refractivity contribution in [2.75, 3.05) is 44.7 Å². The van der Waals surface area contributed by atoms with E-state index in [-0.39, 0.29) is 17.9 Å². The second kappa shape index (κ2) is 8.77. The number of anilines is 1. The molecule has 3 aliphatic heterocycles. The van der Waals surface area contributed by atoms with E-state index in [1.54, 1.807) is 7.11 Å². The number of fused-ring (bicyclic) bond motifs is 4. The van der Waals surface area contributed by atoms with Gasteiger partial charge in [-0.05, 0) is 53.4 Å². The van der Waals surface area contributed by atoms with Gasteiger partial charge >= 0.3 is 0 Å². The number of hydrogen-bond donors (Lipinski definition) is 0. The van der Waals surface area contributed by atoms with Gasteiger partial charge in [0.1, 0.15) is 5.75 Å². The van der Waals surface area contributed by atoms with Crippen molar-refractivity contribution < 1.29 is 14.3 Å². The zero-order valence-electron chi connectivity index (χ0n) is 19.9. The van der Waals surface area contributed by atoms with Crippen molar-refractivity contribution in [2.24, 2.45) is 0 Å². The number of methoxy groups -OCH3 is 1. The van der Waals surface area contributed by atoms with Gasteiger partial charge in [-0.25, -0.2) is 0 Å². The molecular weight excluding hydrogens is 438 g/mol. The summed E-state index contributed by atoms with van der Waals surface area (Å²) in [6, 6.07) is 23.8. The Hall–Kier alpha value is -3.80. The number of ether oxygens (including phenoxy) is 1. The van der Waals surface area contributed by atoms with E-state index in [4.69, 9.17) is 4.74 Å². The van der Waals surface area contributed by atoms with Crippen LogP contribution in [0, 0.1) is 0 Å². The molecule has 0 unspecified atom stereocenters. The lowest BCUT2D eigenvalue weighted by Gasteiger charge is -2.47. The Labute approximate surface area is 205 Å². The summed E-state index contributed by atoms with van der Waals surface area (Å²) in [6.07, 6.45) is 0.821. The maximum Gasteiger partial charge on any atom is 0.254 e. The molecule has 6 rings (SSSR count). The fourth-order valence-corrected chi connectivity index (χ4v) is 5.92. The summed E-state index contributed by atoms with van der Waals surface area (Å²) in [5.41, 5.74) is 5.01. The number of nitrogens with zero attached hydrogens (tertiary/aromatic N) is 3. The lowest BCUT2D eigenvalue weighted by Crippen LogP contribution is -2.54. The first-order chi connectivity index (χ1) is 17.2. The van der Waals surface area contributed by atoms with Gasteiger partial charge in [0.2, 0.25) is 5.91 Å². The summed E-state index contributed by atoms with van der Waals surface area (Å²) in [6.45, 7) is 3.51. The van der Waals surface area contributed by atoms with Crippen LogP contribution in [0.4, 0.5) is 5.69 Å². The van der Waals surface area contributed by atoms with Crippen LogP contribution in [0.15, 0.2) is 72.8 Å². The molecule has 1 fully saturated rings. The van der Waals surface area contributed by atoms with Gasteiger partial charge in [-0.2, -0.15) is 0 Å². The number of amides is 2. The highest BCUT2D eigenvalue weighted by Crippen LogP contribution is 2.46. The number of carbonyl (C=O) groups is 2. The second-order valence-corrected chi connectivity index (χ2v) is 9.47. The molecule has 3 aromatic carbocycles. The van der Waals surface area contributed by atoms with Gasteiger partial charge in [0.15, 0.2) is 0 Å². The molecule has 0 saturated carbocycles. The van der Waals surface area contributed by atoms with E-state index in [1.807, 2.05) is 58.3 Å². The van der Waals surface area contributed by atoms with Gasteiger partial charge in [0, 0.05) is 44.0 Å². The van der Waals surface area contributed by atoms with Crippen molar-refractivity contribution >= 4 is 17.5 Å². The summed E-state index contributed by atoms with van der Waals surface area (Å²) in [7, 11) is 1.67. The third-order valence-electron chi connectivity index (χ3n) is 7.73. The second-order valence-electron chi connectivity index (χ2n) is 9.47. The SMILES string of the molecule is COc1ccc(N2CCN(C(=O)[C@@H]3c4ccccc4C(=O)N4CCc5ccccc5[C@H]34)CC2)cc1. The highest BCUT2D eigenvalue weighted by Gasteiger charge is 2.47. The van der Waals surface area contributed by atoms with Crippen LogP contribution < -0.4 is 9.64 Å². The van der Waals surface area contributed by atoms with Gasteiger partial charge in [-0.3, -0.25) is 9.59 Å². The Kier molecular flexibility index (Phi) is 5.44. The lowest BCUT2D eigenvalue weighted by atomic mass is 9.75. The van der Waals surface area contributed by atoms with Crippen LogP contribution >= 0.6 is 0 Å². The largest absolute Gasteiger partial charge is 0.497 e. The van der Waals surface area contributed by atoms with Crippen molar-refractivity contribution in [1.29, 1.82) is 0 Å². The van der Waals surface area contributed by atoms with E-state index in [0.717, 1.165) is 42.1 Å². The van der Waals surface area contributed by atoms with Gasteiger partial charge in [-0.15, -0.1) is 0 Å². The van der Waals surface area contributed by atoms with Crippen LogP contribution in [-0.2, 0) is 11.2 Å². The molecule has 0 aromatic heterocycles. The summed E-state index contributed by atoms with van der Waals surface area (Å²) < 4.78 is 5.28. The predicted octanol–water partition coefficient (Wildman–Crippen LogP) is 3.88. The Morgan fingerprint density at radius 2 is 1.51 bits per heavy atom. The molecule has 0 bridgehead atoms. The van der Waals surface area contributed by atoms with E-state index in [9.17, 15) is 9.59 Å². The standard InChI is InChI=1S/C29H29N3O3/c1-35-22-12-10-21(11-13-22)30-16-18-31(19-17-30)29(34)26-24-8-4-5-9-25(24)28(33)32-15-14-20-6-2-3-7-23(20)27(26)32/h2-13,26-27H,14-19H2,1H3/t26-,27-/m1/s1. The molecule has 0 spiro atoms. The molecule has 6 heteroatoms. The molecular formula is C29H29N3O3. The highest BCUT2D eigenvalue weighted by molar-refractivity contribution is 6.01. The molecule has 0 N–H and O–H groups in total. The molecule has 3 aliphatic rings. The fraction of sp³-hybridized carbons (Fsp3) is 0.310. The summed E-state index contributed by atoms with van der Waals surface area (Å²) in [5.74, 6) is 0.600. The van der Waals surface area contributed by atoms with E-state index in [0.29, 0.717) is 25.2 Å². The first kappa shape index (κ1) is 21.7. The molecule has 178 valence electrons. The third-order valence-corrected chi connectivity index (χ3v) is 7.73. The van der Waals surface area contributed by atoms with Crippen LogP contribution in [0.3, 0.4) is 0 Å². The van der Waals surface area contributed by atoms with Gasteiger partial charge < -0.3 is 19.4 Å². The maximum atomic E-state index is 14.2. The Balaban J connectivity index is 1.30. The quantitative estimate of drug-likeness (QED) is 0.587. The summed E-state index contributed by atoms with van der Waals surface area (Å²) >= 11 is 0. The average Bonchev–Trinajstić information content (AvgIpc) is 2.93. The fourth-order valence-electron chi connectivity index (χ4n) is 5.92. The van der Waals surface area contributed by atoms with Crippen LogP contribution in [-0.4, -0.2) is 61.4 Å². The minimum atomic E-state index is -0.391. The van der Waals surface area contributed by atoms with Gasteiger partial charge in [-0.1, -0.05) is 42.5 Å². The molecule has 2 amide bonds. The van der Waals surface area contributed by atoms with Crippen molar-refractivity contribution in [3.63, 3.8) is 0 Å². The van der Waals surface area contributed by atoms with Crippen molar-refractivity contribution in [1.82, 2.24) is 9.80 Å².